The minimum absolute atomic E-state index is 0.00292. The Labute approximate surface area is 89.1 Å². The average Bonchev–Trinajstić information content (AvgIpc) is 2.52. The van der Waals surface area contributed by atoms with Crippen molar-refractivity contribution in [2.45, 2.75) is 39.5 Å². The predicted molar refractivity (Wildman–Crippen MR) is 54.2 cm³/mol. The van der Waals surface area contributed by atoms with E-state index >= 15 is 0 Å². The minimum Gasteiger partial charge on any atom is -0.481 e. The molecule has 2 amide bonds. The molecule has 0 aromatic rings. The molecule has 0 aromatic carbocycles. The third-order valence-electron chi connectivity index (χ3n) is 1.93. The first-order valence-electron chi connectivity index (χ1n) is 5.16. The van der Waals surface area contributed by atoms with Gasteiger partial charge in [0.05, 0.1) is 0 Å². The second kappa shape index (κ2) is 6.98. The van der Waals surface area contributed by atoms with E-state index in [1.54, 1.807) is 0 Å². The zero-order valence-electron chi connectivity index (χ0n) is 9.15. The number of nitrogens with zero attached hydrogens (tertiary/aromatic N) is 1. The topological polar surface area (TPSA) is 74.7 Å². The van der Waals surface area contributed by atoms with Gasteiger partial charge in [-0.25, -0.2) is 0 Å². The van der Waals surface area contributed by atoms with Gasteiger partial charge in [0.25, 0.3) is 0 Å². The molecule has 0 atom stereocenters. The van der Waals surface area contributed by atoms with E-state index in [0.29, 0.717) is 6.42 Å². The van der Waals surface area contributed by atoms with Crippen LogP contribution in [0.4, 0.5) is 0 Å². The van der Waals surface area contributed by atoms with Gasteiger partial charge >= 0.3 is 5.97 Å². The van der Waals surface area contributed by atoms with Crippen LogP contribution in [0.3, 0.4) is 0 Å². The molecular weight excluding hydrogens is 198 g/mol. The van der Waals surface area contributed by atoms with Crippen LogP contribution < -0.4 is 0 Å². The third-order valence-corrected chi connectivity index (χ3v) is 1.93. The number of carboxylic acids is 1. The normalized spacial score (nSPS) is 14.9. The lowest BCUT2D eigenvalue weighted by atomic mass is 10.3. The van der Waals surface area contributed by atoms with Gasteiger partial charge in [-0.2, -0.15) is 0 Å². The molecule has 0 bridgehead atoms. The zero-order chi connectivity index (χ0) is 11.8. The van der Waals surface area contributed by atoms with Crippen molar-refractivity contribution in [3.05, 3.63) is 0 Å². The molecule has 5 nitrogen and oxygen atoms in total. The van der Waals surface area contributed by atoms with Gasteiger partial charge in [-0.05, 0) is 6.42 Å². The fourth-order valence-corrected chi connectivity index (χ4v) is 1.26. The molecule has 1 aliphatic heterocycles. The SMILES string of the molecule is CC.O=C(O)CCCN1C(=O)CCC1=O. The molecule has 1 rings (SSSR count). The Morgan fingerprint density at radius 2 is 1.73 bits per heavy atom. The van der Waals surface area contributed by atoms with Crippen LogP contribution >= 0.6 is 0 Å². The van der Waals surface area contributed by atoms with Crippen molar-refractivity contribution in [3.63, 3.8) is 0 Å². The van der Waals surface area contributed by atoms with Crippen molar-refractivity contribution in [1.82, 2.24) is 4.90 Å². The number of amides is 2. The van der Waals surface area contributed by atoms with Gasteiger partial charge in [-0.3, -0.25) is 19.3 Å². The van der Waals surface area contributed by atoms with E-state index in [-0.39, 0.29) is 37.6 Å². The van der Waals surface area contributed by atoms with E-state index in [1.165, 1.54) is 0 Å². The summed E-state index contributed by atoms with van der Waals surface area (Å²) < 4.78 is 0. The maximum Gasteiger partial charge on any atom is 0.303 e. The molecule has 0 radical (unpaired) electrons. The number of rotatable bonds is 4. The molecule has 1 heterocycles. The van der Waals surface area contributed by atoms with Crippen LogP contribution in [0.2, 0.25) is 0 Å². The van der Waals surface area contributed by atoms with Gasteiger partial charge in [-0.1, -0.05) is 13.8 Å². The number of likely N-dealkylation sites (tertiary alicyclic amines) is 1. The summed E-state index contributed by atoms with van der Waals surface area (Å²) >= 11 is 0. The summed E-state index contributed by atoms with van der Waals surface area (Å²) in [6, 6.07) is 0. The number of carbonyl (C=O) groups excluding carboxylic acids is 2. The summed E-state index contributed by atoms with van der Waals surface area (Å²) in [4.78, 5) is 33.3. The second-order valence-electron chi connectivity index (χ2n) is 2.94. The highest BCUT2D eigenvalue weighted by Gasteiger charge is 2.27. The molecule has 0 unspecified atom stereocenters. The standard InChI is InChI=1S/C8H11NO4.C2H6/c10-6-3-4-7(11)9(6)5-1-2-8(12)13;1-2/h1-5H2,(H,12,13);1-2H3. The van der Waals surface area contributed by atoms with Crippen molar-refractivity contribution < 1.29 is 19.5 Å². The molecule has 5 heteroatoms. The first kappa shape index (κ1) is 13.6. The fourth-order valence-electron chi connectivity index (χ4n) is 1.26. The Morgan fingerprint density at radius 1 is 1.27 bits per heavy atom. The zero-order valence-corrected chi connectivity index (χ0v) is 9.15. The minimum atomic E-state index is -0.904. The largest absolute Gasteiger partial charge is 0.481 e. The number of hydrogen-bond acceptors (Lipinski definition) is 3. The van der Waals surface area contributed by atoms with Gasteiger partial charge in [0, 0.05) is 25.8 Å². The van der Waals surface area contributed by atoms with Crippen LogP contribution in [-0.2, 0) is 14.4 Å². The predicted octanol–water partition coefficient (Wildman–Crippen LogP) is 1.03. The molecule has 1 fully saturated rings. The molecule has 1 aliphatic rings. The van der Waals surface area contributed by atoms with E-state index in [0.717, 1.165) is 4.90 Å². The van der Waals surface area contributed by atoms with Gasteiger partial charge in [0.2, 0.25) is 11.8 Å². The molecule has 15 heavy (non-hydrogen) atoms. The Morgan fingerprint density at radius 3 is 2.13 bits per heavy atom. The summed E-state index contributed by atoms with van der Waals surface area (Å²) in [6.07, 6.45) is 0.877. The summed E-state index contributed by atoms with van der Waals surface area (Å²) in [5.41, 5.74) is 0. The molecule has 0 saturated carbocycles. The van der Waals surface area contributed by atoms with Crippen LogP contribution in [0, 0.1) is 0 Å². The lowest BCUT2D eigenvalue weighted by molar-refractivity contribution is -0.141. The number of hydrogen-bond donors (Lipinski definition) is 1. The van der Waals surface area contributed by atoms with Crippen molar-refractivity contribution in [1.29, 1.82) is 0 Å². The highest BCUT2D eigenvalue weighted by Crippen LogP contribution is 2.12. The van der Waals surface area contributed by atoms with E-state index < -0.39 is 5.97 Å². The van der Waals surface area contributed by atoms with Gasteiger partial charge in [0.15, 0.2) is 0 Å². The average molecular weight is 215 g/mol. The van der Waals surface area contributed by atoms with Crippen molar-refractivity contribution in [2.75, 3.05) is 6.54 Å². The van der Waals surface area contributed by atoms with Crippen molar-refractivity contribution in [2.24, 2.45) is 0 Å². The van der Waals surface area contributed by atoms with Gasteiger partial charge in [0.1, 0.15) is 0 Å². The first-order chi connectivity index (χ1) is 7.11. The summed E-state index contributed by atoms with van der Waals surface area (Å²) in [5, 5.41) is 8.33. The van der Waals surface area contributed by atoms with E-state index in [4.69, 9.17) is 5.11 Å². The molecule has 86 valence electrons. The smallest absolute Gasteiger partial charge is 0.303 e. The van der Waals surface area contributed by atoms with Crippen LogP contribution in [0.25, 0.3) is 0 Å². The Kier molecular flexibility index (Phi) is 6.33. The number of carbonyl (C=O) groups is 3. The number of carboxylic acid groups (broad SMARTS) is 1. The maximum absolute atomic E-state index is 11.0. The van der Waals surface area contributed by atoms with Crippen LogP contribution in [0.15, 0.2) is 0 Å². The molecule has 0 spiro atoms. The second-order valence-corrected chi connectivity index (χ2v) is 2.94. The third kappa shape index (κ3) is 4.58. The Balaban J connectivity index is 0.000000921. The highest BCUT2D eigenvalue weighted by molar-refractivity contribution is 6.01. The lowest BCUT2D eigenvalue weighted by Crippen LogP contribution is -2.30. The molecule has 1 N–H and O–H groups in total. The van der Waals surface area contributed by atoms with Crippen LogP contribution in [-0.4, -0.2) is 34.3 Å². The summed E-state index contributed by atoms with van der Waals surface area (Å²) in [6.45, 7) is 4.24. The van der Waals surface area contributed by atoms with E-state index in [1.807, 2.05) is 13.8 Å². The molecule has 1 saturated heterocycles. The monoisotopic (exact) mass is 215 g/mol. The van der Waals surface area contributed by atoms with E-state index in [9.17, 15) is 14.4 Å². The quantitative estimate of drug-likeness (QED) is 0.710. The van der Waals surface area contributed by atoms with Crippen molar-refractivity contribution >= 4 is 17.8 Å². The fraction of sp³-hybridized carbons (Fsp3) is 0.700. The number of imide groups is 1. The Hall–Kier alpha value is -1.39. The van der Waals surface area contributed by atoms with Gasteiger partial charge < -0.3 is 5.11 Å². The molecule has 0 aromatic heterocycles. The van der Waals surface area contributed by atoms with Gasteiger partial charge in [-0.15, -0.1) is 0 Å². The van der Waals surface area contributed by atoms with Crippen LogP contribution in [0.1, 0.15) is 39.5 Å². The highest BCUT2D eigenvalue weighted by atomic mass is 16.4. The van der Waals surface area contributed by atoms with E-state index in [2.05, 4.69) is 0 Å². The number of aliphatic carboxylic acids is 1. The lowest BCUT2D eigenvalue weighted by Gasteiger charge is -2.11. The first-order valence-corrected chi connectivity index (χ1v) is 5.16. The molecular formula is C10H17NO4. The summed E-state index contributed by atoms with van der Waals surface area (Å²) in [7, 11) is 0. The van der Waals surface area contributed by atoms with Crippen LogP contribution in [0.5, 0.6) is 0 Å². The summed E-state index contributed by atoms with van der Waals surface area (Å²) in [5.74, 6) is -1.27. The molecule has 0 aliphatic carbocycles. The maximum atomic E-state index is 11.0. The Bertz CT molecular complexity index is 234. The van der Waals surface area contributed by atoms with Crippen molar-refractivity contribution in [3.8, 4) is 0 Å².